The third-order valence-electron chi connectivity index (χ3n) is 8.33. The van der Waals surface area contributed by atoms with E-state index >= 15 is 0 Å². The van der Waals surface area contributed by atoms with Gasteiger partial charge in [0.25, 0.3) is 0 Å². The number of carbonyl (C=O) groups excluding carboxylic acids is 1. The Morgan fingerprint density at radius 3 is 2.08 bits per heavy atom. The number of rotatable bonds is 13. The molecule has 2 atom stereocenters. The van der Waals surface area contributed by atoms with E-state index in [2.05, 4.69) is 17.6 Å². The van der Waals surface area contributed by atoms with E-state index in [1.165, 1.54) is 25.7 Å². The molecule has 3 aliphatic rings. The highest BCUT2D eigenvalue weighted by molar-refractivity contribution is 6.26. The minimum atomic E-state index is -0.0868. The smallest absolute Gasteiger partial charge is 0.196 e. The van der Waals surface area contributed by atoms with Crippen molar-refractivity contribution in [1.82, 2.24) is 10.6 Å². The minimum absolute atomic E-state index is 0.0868. The molecule has 2 aromatic carbocycles. The Kier molecular flexibility index (Phi) is 9.64. The van der Waals surface area contributed by atoms with Crippen molar-refractivity contribution in [2.45, 2.75) is 64.7 Å². The van der Waals surface area contributed by atoms with Gasteiger partial charge in [0.2, 0.25) is 0 Å². The number of nitrogens with two attached hydrogens (primary N) is 1. The van der Waals surface area contributed by atoms with Gasteiger partial charge in [-0.15, -0.1) is 0 Å². The molecule has 39 heavy (non-hydrogen) atoms. The van der Waals surface area contributed by atoms with Crippen LogP contribution in [0.4, 0.5) is 5.69 Å². The number of fused-ring (bicyclic) bond motifs is 3. The molecule has 0 radical (unpaired) electrons. The lowest BCUT2D eigenvalue weighted by Crippen LogP contribution is -2.29. The van der Waals surface area contributed by atoms with Crippen LogP contribution >= 0.6 is 0 Å². The van der Waals surface area contributed by atoms with E-state index < -0.39 is 0 Å². The SMILES string of the molecule is CCCOc1cc(OCCCC2CCCNC2)c(N)c2c1-c1c(OCCCC3CCCNC3)cccc1C2=O. The molecule has 0 amide bonds. The lowest BCUT2D eigenvalue weighted by Gasteiger charge is -2.23. The number of nitrogen functional groups attached to an aromatic ring is 1. The third-order valence-corrected chi connectivity index (χ3v) is 8.33. The fourth-order valence-corrected chi connectivity index (χ4v) is 6.26. The highest BCUT2D eigenvalue weighted by atomic mass is 16.5. The number of benzene rings is 2. The molecule has 7 heteroatoms. The summed E-state index contributed by atoms with van der Waals surface area (Å²) in [5, 5.41) is 6.97. The lowest BCUT2D eigenvalue weighted by molar-refractivity contribution is 0.104. The highest BCUT2D eigenvalue weighted by Gasteiger charge is 2.36. The molecule has 0 saturated carbocycles. The number of anilines is 1. The molecular weight excluding hydrogens is 490 g/mol. The molecule has 4 N–H and O–H groups in total. The summed E-state index contributed by atoms with van der Waals surface area (Å²) in [4.78, 5) is 13.7. The molecule has 7 nitrogen and oxygen atoms in total. The first-order chi connectivity index (χ1) is 19.2. The van der Waals surface area contributed by atoms with E-state index in [-0.39, 0.29) is 5.78 Å². The van der Waals surface area contributed by atoms with Crippen LogP contribution in [0.15, 0.2) is 24.3 Å². The average molecular weight is 536 g/mol. The Bertz CT molecular complexity index is 1120. The molecule has 212 valence electrons. The van der Waals surface area contributed by atoms with Crippen molar-refractivity contribution in [3.63, 3.8) is 0 Å². The molecule has 2 fully saturated rings. The Labute approximate surface area is 233 Å². The van der Waals surface area contributed by atoms with E-state index in [4.69, 9.17) is 19.9 Å². The molecular formula is C32H45N3O4. The largest absolute Gasteiger partial charge is 0.493 e. The van der Waals surface area contributed by atoms with Gasteiger partial charge in [0, 0.05) is 22.8 Å². The quantitative estimate of drug-likeness (QED) is 0.194. The van der Waals surface area contributed by atoms with Gasteiger partial charge in [-0.05, 0) is 102 Å². The normalized spacial score (nSPS) is 20.4. The van der Waals surface area contributed by atoms with Gasteiger partial charge in [-0.25, -0.2) is 0 Å². The Morgan fingerprint density at radius 2 is 1.46 bits per heavy atom. The summed E-state index contributed by atoms with van der Waals surface area (Å²) in [7, 11) is 0. The maximum absolute atomic E-state index is 13.7. The maximum atomic E-state index is 13.7. The zero-order valence-corrected chi connectivity index (χ0v) is 23.5. The summed E-state index contributed by atoms with van der Waals surface area (Å²) in [6, 6.07) is 7.58. The molecule has 0 bridgehead atoms. The van der Waals surface area contributed by atoms with Crippen LogP contribution in [0.3, 0.4) is 0 Å². The summed E-state index contributed by atoms with van der Waals surface area (Å²) in [5.74, 6) is 3.23. The first-order valence-electron chi connectivity index (χ1n) is 15.1. The van der Waals surface area contributed by atoms with Gasteiger partial charge in [0.1, 0.15) is 17.2 Å². The van der Waals surface area contributed by atoms with Crippen molar-refractivity contribution < 1.29 is 19.0 Å². The van der Waals surface area contributed by atoms with Crippen molar-refractivity contribution >= 4 is 11.5 Å². The van der Waals surface area contributed by atoms with Crippen LogP contribution in [0.1, 0.15) is 80.6 Å². The van der Waals surface area contributed by atoms with Crippen LogP contribution in [0, 0.1) is 11.8 Å². The predicted molar refractivity (Wildman–Crippen MR) is 156 cm³/mol. The lowest BCUT2D eigenvalue weighted by atomic mass is 9.95. The van der Waals surface area contributed by atoms with Crippen LogP contribution < -0.4 is 30.6 Å². The number of hydrogen-bond donors (Lipinski definition) is 3. The van der Waals surface area contributed by atoms with E-state index in [1.54, 1.807) is 0 Å². The maximum Gasteiger partial charge on any atom is 0.196 e. The molecule has 0 spiro atoms. The molecule has 2 aliphatic heterocycles. The molecule has 1 aliphatic carbocycles. The molecule has 2 saturated heterocycles. The van der Waals surface area contributed by atoms with Crippen LogP contribution in [-0.2, 0) is 0 Å². The average Bonchev–Trinajstić information content (AvgIpc) is 3.28. The Balaban J connectivity index is 1.32. The van der Waals surface area contributed by atoms with Gasteiger partial charge in [-0.2, -0.15) is 0 Å². The van der Waals surface area contributed by atoms with Crippen molar-refractivity contribution in [2.75, 3.05) is 51.7 Å². The van der Waals surface area contributed by atoms with Gasteiger partial charge in [-0.3, -0.25) is 4.79 Å². The van der Waals surface area contributed by atoms with Crippen LogP contribution in [0.25, 0.3) is 11.1 Å². The van der Waals surface area contributed by atoms with Crippen molar-refractivity contribution in [3.8, 4) is 28.4 Å². The number of hydrogen-bond acceptors (Lipinski definition) is 7. The van der Waals surface area contributed by atoms with Crippen LogP contribution in [0.5, 0.6) is 17.2 Å². The summed E-state index contributed by atoms with van der Waals surface area (Å²) < 4.78 is 18.7. The van der Waals surface area contributed by atoms with Gasteiger partial charge < -0.3 is 30.6 Å². The molecule has 5 rings (SSSR count). The zero-order valence-electron chi connectivity index (χ0n) is 23.5. The number of ketones is 1. The molecule has 0 aromatic heterocycles. The van der Waals surface area contributed by atoms with Gasteiger partial charge in [0.05, 0.1) is 31.1 Å². The molecule has 2 unspecified atom stereocenters. The predicted octanol–water partition coefficient (Wildman–Crippen LogP) is 5.59. The second kappa shape index (κ2) is 13.5. The number of nitrogens with one attached hydrogen (secondary N) is 2. The van der Waals surface area contributed by atoms with Crippen molar-refractivity contribution in [1.29, 1.82) is 0 Å². The van der Waals surface area contributed by atoms with E-state index in [1.807, 2.05) is 24.3 Å². The summed E-state index contributed by atoms with van der Waals surface area (Å²) in [5.41, 5.74) is 9.66. The van der Waals surface area contributed by atoms with Crippen LogP contribution in [-0.4, -0.2) is 51.8 Å². The van der Waals surface area contributed by atoms with Gasteiger partial charge >= 0.3 is 0 Å². The Morgan fingerprint density at radius 1 is 0.821 bits per heavy atom. The fraction of sp³-hybridized carbons (Fsp3) is 0.594. The fourth-order valence-electron chi connectivity index (χ4n) is 6.26. The van der Waals surface area contributed by atoms with E-state index in [9.17, 15) is 4.79 Å². The summed E-state index contributed by atoms with van der Waals surface area (Å²) in [6.45, 7) is 8.26. The molecule has 2 aromatic rings. The summed E-state index contributed by atoms with van der Waals surface area (Å²) >= 11 is 0. The number of piperidine rings is 2. The van der Waals surface area contributed by atoms with Crippen molar-refractivity contribution in [2.24, 2.45) is 11.8 Å². The number of ether oxygens (including phenoxy) is 3. The first-order valence-corrected chi connectivity index (χ1v) is 15.1. The summed E-state index contributed by atoms with van der Waals surface area (Å²) in [6.07, 6.45) is 10.1. The Hall–Kier alpha value is -2.77. The zero-order chi connectivity index (χ0) is 27.0. The topological polar surface area (TPSA) is 94.8 Å². The standard InChI is InChI=1S/C32H45N3O4/c1-2-16-37-26-19-27(39-18-7-11-23-9-5-15-35-21-23)31(33)30-29(26)28-24(32(30)36)12-3-13-25(28)38-17-6-10-22-8-4-14-34-20-22/h3,12-13,19,22-23,34-35H,2,4-11,14-18,20-21,33H2,1H3. The minimum Gasteiger partial charge on any atom is -0.493 e. The molecule has 2 heterocycles. The van der Waals surface area contributed by atoms with Crippen LogP contribution in [0.2, 0.25) is 0 Å². The third kappa shape index (κ3) is 6.52. The monoisotopic (exact) mass is 535 g/mol. The van der Waals surface area contributed by atoms with E-state index in [0.29, 0.717) is 54.1 Å². The highest BCUT2D eigenvalue weighted by Crippen LogP contribution is 2.52. The second-order valence-corrected chi connectivity index (χ2v) is 11.3. The van der Waals surface area contributed by atoms with Gasteiger partial charge in [-0.1, -0.05) is 19.1 Å². The number of carbonyl (C=O) groups is 1. The first kappa shape index (κ1) is 27.8. The van der Waals surface area contributed by atoms with Gasteiger partial charge in [0.15, 0.2) is 5.78 Å². The van der Waals surface area contributed by atoms with Crippen molar-refractivity contribution in [3.05, 3.63) is 35.4 Å². The van der Waals surface area contributed by atoms with E-state index in [0.717, 1.165) is 81.1 Å². The second-order valence-electron chi connectivity index (χ2n) is 11.3.